The van der Waals surface area contributed by atoms with E-state index in [2.05, 4.69) is 10.1 Å². The minimum Gasteiger partial charge on any atom is -0.406 e. The minimum atomic E-state index is -4.82. The van der Waals surface area contributed by atoms with Crippen molar-refractivity contribution in [3.63, 3.8) is 0 Å². The molecule has 0 unspecified atom stereocenters. The van der Waals surface area contributed by atoms with Crippen LogP contribution in [0.2, 0.25) is 0 Å². The summed E-state index contributed by atoms with van der Waals surface area (Å²) >= 11 is 0. The van der Waals surface area contributed by atoms with Crippen molar-refractivity contribution in [2.45, 2.75) is 12.5 Å². The summed E-state index contributed by atoms with van der Waals surface area (Å²) in [5, 5.41) is 23.0. The monoisotopic (exact) mass is 370 g/mol. The molecule has 2 aromatic rings. The topological polar surface area (TPSA) is 102 Å². The Morgan fingerprint density at radius 3 is 2.23 bits per heavy atom. The van der Waals surface area contributed by atoms with Crippen molar-refractivity contribution in [2.24, 2.45) is 0 Å². The molecule has 1 atom stereocenters. The van der Waals surface area contributed by atoms with Crippen molar-refractivity contribution in [3.05, 3.63) is 69.8 Å². The molecule has 1 amide bonds. The van der Waals surface area contributed by atoms with Crippen LogP contribution < -0.4 is 10.1 Å². The Kier molecular flexibility index (Phi) is 5.78. The number of rotatable bonds is 6. The standard InChI is InChI=1S/C16H13F3N2O5/c17-16(18,19)26-13-7-3-11(4-8-13)15(23)20-9-14(22)10-1-5-12(6-2-10)21(24)25/h1-8,14,22H,9H2,(H,20,23)/t14-/m1/s1. The third-order valence-corrected chi connectivity index (χ3v) is 3.29. The first-order valence-electron chi connectivity index (χ1n) is 7.22. The van der Waals surface area contributed by atoms with E-state index in [1.807, 2.05) is 0 Å². The summed E-state index contributed by atoms with van der Waals surface area (Å²) in [4.78, 5) is 21.9. The van der Waals surface area contributed by atoms with Gasteiger partial charge in [0, 0.05) is 24.2 Å². The lowest BCUT2D eigenvalue weighted by Gasteiger charge is -2.13. The molecule has 0 aliphatic rings. The Hall–Kier alpha value is -3.14. The van der Waals surface area contributed by atoms with Crippen LogP contribution in [0.25, 0.3) is 0 Å². The number of nitrogens with one attached hydrogen (secondary N) is 1. The number of benzene rings is 2. The number of nitro benzene ring substituents is 1. The molecule has 7 nitrogen and oxygen atoms in total. The van der Waals surface area contributed by atoms with Crippen LogP contribution in [-0.2, 0) is 0 Å². The molecule has 10 heteroatoms. The van der Waals surface area contributed by atoms with Gasteiger partial charge in [0.15, 0.2) is 0 Å². The molecule has 0 bridgehead atoms. The number of amides is 1. The second-order valence-electron chi connectivity index (χ2n) is 5.15. The second kappa shape index (κ2) is 7.83. The largest absolute Gasteiger partial charge is 0.573 e. The van der Waals surface area contributed by atoms with Crippen LogP contribution in [0.3, 0.4) is 0 Å². The number of non-ortho nitro benzene ring substituents is 1. The second-order valence-corrected chi connectivity index (χ2v) is 5.15. The van der Waals surface area contributed by atoms with Gasteiger partial charge in [0.2, 0.25) is 0 Å². The lowest BCUT2D eigenvalue weighted by Crippen LogP contribution is -2.28. The number of halogens is 3. The Morgan fingerprint density at radius 2 is 1.73 bits per heavy atom. The molecule has 0 spiro atoms. The molecule has 2 N–H and O–H groups in total. The summed E-state index contributed by atoms with van der Waals surface area (Å²) in [5.74, 6) is -1.07. The molecular weight excluding hydrogens is 357 g/mol. The van der Waals surface area contributed by atoms with E-state index >= 15 is 0 Å². The van der Waals surface area contributed by atoms with Gasteiger partial charge in [-0.2, -0.15) is 0 Å². The predicted molar refractivity (Wildman–Crippen MR) is 83.5 cm³/mol. The average molecular weight is 370 g/mol. The number of carbonyl (C=O) groups is 1. The molecule has 0 heterocycles. The average Bonchev–Trinajstić information content (AvgIpc) is 2.58. The molecule has 0 saturated heterocycles. The third kappa shape index (κ3) is 5.45. The summed E-state index contributed by atoms with van der Waals surface area (Å²) in [5.41, 5.74) is 0.311. The van der Waals surface area contributed by atoms with Gasteiger partial charge in [0.05, 0.1) is 11.0 Å². The zero-order chi connectivity index (χ0) is 19.3. The van der Waals surface area contributed by atoms with Crippen molar-refractivity contribution < 1.29 is 32.7 Å². The number of aliphatic hydroxyl groups is 1. The fourth-order valence-electron chi connectivity index (χ4n) is 2.04. The highest BCUT2D eigenvalue weighted by Crippen LogP contribution is 2.23. The molecule has 0 saturated carbocycles. The van der Waals surface area contributed by atoms with Gasteiger partial charge < -0.3 is 15.2 Å². The smallest absolute Gasteiger partial charge is 0.406 e. The van der Waals surface area contributed by atoms with E-state index in [1.54, 1.807) is 0 Å². The van der Waals surface area contributed by atoms with Gasteiger partial charge in [-0.25, -0.2) is 0 Å². The zero-order valence-corrected chi connectivity index (χ0v) is 13.1. The van der Waals surface area contributed by atoms with Crippen LogP contribution in [0, 0.1) is 10.1 Å². The molecule has 26 heavy (non-hydrogen) atoms. The fourth-order valence-corrected chi connectivity index (χ4v) is 2.04. The Morgan fingerprint density at radius 1 is 1.15 bits per heavy atom. The Bertz CT molecular complexity index is 776. The van der Waals surface area contributed by atoms with E-state index in [0.29, 0.717) is 5.56 Å². The maximum atomic E-state index is 12.1. The molecule has 2 rings (SSSR count). The van der Waals surface area contributed by atoms with Gasteiger partial charge >= 0.3 is 6.36 Å². The molecule has 0 aliphatic carbocycles. The summed E-state index contributed by atoms with van der Waals surface area (Å²) in [6, 6.07) is 9.45. The van der Waals surface area contributed by atoms with Crippen molar-refractivity contribution in [1.29, 1.82) is 0 Å². The fraction of sp³-hybridized carbons (Fsp3) is 0.188. The number of nitrogens with zero attached hydrogens (tertiary/aromatic N) is 1. The maximum absolute atomic E-state index is 12.1. The number of carbonyl (C=O) groups excluding carboxylic acids is 1. The predicted octanol–water partition coefficient (Wildman–Crippen LogP) is 2.96. The van der Waals surface area contributed by atoms with Crippen LogP contribution in [0.15, 0.2) is 48.5 Å². The van der Waals surface area contributed by atoms with Crippen molar-refractivity contribution in [3.8, 4) is 5.75 Å². The van der Waals surface area contributed by atoms with Crippen LogP contribution >= 0.6 is 0 Å². The highest BCUT2D eigenvalue weighted by atomic mass is 19.4. The molecule has 2 aromatic carbocycles. The first-order valence-corrected chi connectivity index (χ1v) is 7.22. The number of alkyl halides is 3. The summed E-state index contributed by atoms with van der Waals surface area (Å²) < 4.78 is 39.9. The maximum Gasteiger partial charge on any atom is 0.573 e. The minimum absolute atomic E-state index is 0.0791. The summed E-state index contributed by atoms with van der Waals surface area (Å²) in [6.07, 6.45) is -5.92. The molecule has 138 valence electrons. The Labute approximate surface area is 145 Å². The highest BCUT2D eigenvalue weighted by molar-refractivity contribution is 5.94. The van der Waals surface area contributed by atoms with Crippen LogP contribution in [0.1, 0.15) is 22.0 Å². The van der Waals surface area contributed by atoms with E-state index in [4.69, 9.17) is 0 Å². The summed E-state index contributed by atoms with van der Waals surface area (Å²) in [7, 11) is 0. The van der Waals surface area contributed by atoms with Crippen molar-refractivity contribution in [2.75, 3.05) is 6.54 Å². The number of hydrogen-bond donors (Lipinski definition) is 2. The molecule has 0 radical (unpaired) electrons. The first kappa shape index (κ1) is 19.2. The molecule has 0 aromatic heterocycles. The number of ether oxygens (including phenoxy) is 1. The number of hydrogen-bond acceptors (Lipinski definition) is 5. The third-order valence-electron chi connectivity index (χ3n) is 3.29. The molecule has 0 fully saturated rings. The highest BCUT2D eigenvalue weighted by Gasteiger charge is 2.31. The SMILES string of the molecule is O=C(NC[C@@H](O)c1ccc([N+](=O)[O-])cc1)c1ccc(OC(F)(F)F)cc1. The number of nitro groups is 1. The quantitative estimate of drug-likeness (QED) is 0.601. The first-order chi connectivity index (χ1) is 12.2. The number of aliphatic hydroxyl groups excluding tert-OH is 1. The normalized spacial score (nSPS) is 12.3. The van der Waals surface area contributed by atoms with Crippen LogP contribution in [0.4, 0.5) is 18.9 Å². The lowest BCUT2D eigenvalue weighted by atomic mass is 10.1. The van der Waals surface area contributed by atoms with Gasteiger partial charge in [0.1, 0.15) is 5.75 Å². The zero-order valence-electron chi connectivity index (χ0n) is 13.1. The summed E-state index contributed by atoms with van der Waals surface area (Å²) in [6.45, 7) is -0.183. The van der Waals surface area contributed by atoms with E-state index in [9.17, 15) is 33.2 Å². The van der Waals surface area contributed by atoms with Gasteiger partial charge in [-0.05, 0) is 42.0 Å². The van der Waals surface area contributed by atoms with Gasteiger partial charge in [0.25, 0.3) is 11.6 Å². The van der Waals surface area contributed by atoms with Gasteiger partial charge in [-0.15, -0.1) is 13.2 Å². The molecular formula is C16H13F3N2O5. The van der Waals surface area contributed by atoms with Gasteiger partial charge in [-0.1, -0.05) is 0 Å². The van der Waals surface area contributed by atoms with Crippen molar-refractivity contribution in [1.82, 2.24) is 5.32 Å². The van der Waals surface area contributed by atoms with Crippen LogP contribution in [-0.4, -0.2) is 28.8 Å². The van der Waals surface area contributed by atoms with E-state index < -0.39 is 29.0 Å². The molecule has 0 aliphatic heterocycles. The van der Waals surface area contributed by atoms with Crippen molar-refractivity contribution >= 4 is 11.6 Å². The van der Waals surface area contributed by atoms with Gasteiger partial charge in [-0.3, -0.25) is 14.9 Å². The van der Waals surface area contributed by atoms with E-state index in [-0.39, 0.29) is 17.8 Å². The van der Waals surface area contributed by atoms with E-state index in [0.717, 1.165) is 24.3 Å². The lowest BCUT2D eigenvalue weighted by molar-refractivity contribution is -0.384. The van der Waals surface area contributed by atoms with E-state index in [1.165, 1.54) is 24.3 Å². The van der Waals surface area contributed by atoms with Crippen LogP contribution in [0.5, 0.6) is 5.75 Å². The Balaban J connectivity index is 1.92.